The lowest BCUT2D eigenvalue weighted by molar-refractivity contribution is 0.692. The minimum atomic E-state index is 0.177. The Bertz CT molecular complexity index is 305. The van der Waals surface area contributed by atoms with Crippen molar-refractivity contribution in [3.05, 3.63) is 17.6 Å². The molecule has 0 saturated carbocycles. The third kappa shape index (κ3) is 4.47. The second-order valence-corrected chi connectivity index (χ2v) is 4.75. The van der Waals surface area contributed by atoms with Crippen LogP contribution in [0.25, 0.3) is 0 Å². The summed E-state index contributed by atoms with van der Waals surface area (Å²) in [6.07, 6.45) is 0.920. The summed E-state index contributed by atoms with van der Waals surface area (Å²) in [6.45, 7) is 7.96. The van der Waals surface area contributed by atoms with E-state index in [-0.39, 0.29) is 5.38 Å². The highest BCUT2D eigenvalue weighted by atomic mass is 35.5. The van der Waals surface area contributed by atoms with E-state index in [1.165, 1.54) is 0 Å². The van der Waals surface area contributed by atoms with Crippen molar-refractivity contribution in [3.8, 4) is 0 Å². The zero-order chi connectivity index (χ0) is 11.4. The van der Waals surface area contributed by atoms with Crippen molar-refractivity contribution in [1.82, 2.24) is 9.97 Å². The number of alkyl halides is 1. The van der Waals surface area contributed by atoms with E-state index < -0.39 is 0 Å². The van der Waals surface area contributed by atoms with Crippen molar-refractivity contribution in [2.75, 3.05) is 5.32 Å². The molecule has 1 rings (SSSR count). The molecule has 4 heteroatoms. The van der Waals surface area contributed by atoms with Crippen LogP contribution in [0.3, 0.4) is 0 Å². The highest BCUT2D eigenvalue weighted by molar-refractivity contribution is 6.20. The molecular weight excluding hydrogens is 210 g/mol. The van der Waals surface area contributed by atoms with E-state index in [9.17, 15) is 0 Å². The quantitative estimate of drug-likeness (QED) is 0.804. The van der Waals surface area contributed by atoms with Crippen molar-refractivity contribution in [1.29, 1.82) is 0 Å². The number of halogens is 1. The molecule has 1 aromatic rings. The molecule has 15 heavy (non-hydrogen) atoms. The average Bonchev–Trinajstić information content (AvgIpc) is 1.98. The van der Waals surface area contributed by atoms with Crippen molar-refractivity contribution in [2.24, 2.45) is 0 Å². The Morgan fingerprint density at radius 1 is 1.33 bits per heavy atom. The van der Waals surface area contributed by atoms with E-state index in [4.69, 9.17) is 11.6 Å². The van der Waals surface area contributed by atoms with Crippen LogP contribution >= 0.6 is 11.6 Å². The normalized spacial score (nSPS) is 14.7. The van der Waals surface area contributed by atoms with Crippen LogP contribution in [0.1, 0.15) is 31.8 Å². The molecule has 1 heterocycles. The van der Waals surface area contributed by atoms with Gasteiger partial charge in [-0.05, 0) is 34.1 Å². The number of aryl methyl sites for hydroxylation is 2. The molecule has 0 fully saturated rings. The monoisotopic (exact) mass is 227 g/mol. The van der Waals surface area contributed by atoms with E-state index in [0.29, 0.717) is 6.04 Å². The molecule has 0 aliphatic carbocycles. The van der Waals surface area contributed by atoms with E-state index in [0.717, 1.165) is 23.8 Å². The lowest BCUT2D eigenvalue weighted by Gasteiger charge is -2.16. The highest BCUT2D eigenvalue weighted by Gasteiger charge is 2.07. The number of hydrogen-bond donors (Lipinski definition) is 1. The molecule has 84 valence electrons. The van der Waals surface area contributed by atoms with Gasteiger partial charge in [0.25, 0.3) is 0 Å². The first-order valence-corrected chi connectivity index (χ1v) is 5.64. The summed E-state index contributed by atoms with van der Waals surface area (Å²) in [4.78, 5) is 8.54. The number of nitrogens with zero attached hydrogens (tertiary/aromatic N) is 2. The van der Waals surface area contributed by atoms with Crippen LogP contribution in [0, 0.1) is 13.8 Å². The van der Waals surface area contributed by atoms with Crippen molar-refractivity contribution in [3.63, 3.8) is 0 Å². The summed E-state index contributed by atoms with van der Waals surface area (Å²) in [6, 6.07) is 2.27. The maximum absolute atomic E-state index is 5.93. The molecule has 2 unspecified atom stereocenters. The predicted molar refractivity (Wildman–Crippen MR) is 64.5 cm³/mol. The number of aromatic nitrogens is 2. The van der Waals surface area contributed by atoms with E-state index in [1.54, 1.807) is 0 Å². The summed E-state index contributed by atoms with van der Waals surface area (Å²) < 4.78 is 0. The maximum atomic E-state index is 5.93. The molecule has 0 aliphatic heterocycles. The van der Waals surface area contributed by atoms with E-state index in [2.05, 4.69) is 22.2 Å². The van der Waals surface area contributed by atoms with E-state index >= 15 is 0 Å². The minimum Gasteiger partial charge on any atom is -0.367 e. The van der Waals surface area contributed by atoms with Gasteiger partial charge in [0.2, 0.25) is 0 Å². The molecule has 0 saturated heterocycles. The number of nitrogens with one attached hydrogen (secondary N) is 1. The van der Waals surface area contributed by atoms with Crippen molar-refractivity contribution >= 4 is 17.4 Å². The Labute approximate surface area is 96.3 Å². The molecular formula is C11H18ClN3. The fourth-order valence-corrected chi connectivity index (χ4v) is 1.86. The van der Waals surface area contributed by atoms with Gasteiger partial charge in [-0.2, -0.15) is 0 Å². The van der Waals surface area contributed by atoms with E-state index in [1.807, 2.05) is 26.8 Å². The molecule has 0 aromatic carbocycles. The standard InChI is InChI=1S/C11H18ClN3/c1-7(12)5-8(2)14-11-6-9(3)13-10(4)15-11/h6-8H,5H2,1-4H3,(H,13,14,15). The fourth-order valence-electron chi connectivity index (χ4n) is 1.59. The van der Waals surface area contributed by atoms with Crippen molar-refractivity contribution < 1.29 is 0 Å². The molecule has 0 radical (unpaired) electrons. The summed E-state index contributed by atoms with van der Waals surface area (Å²) in [5.74, 6) is 1.67. The van der Waals surface area contributed by atoms with Gasteiger partial charge in [0, 0.05) is 23.2 Å². The van der Waals surface area contributed by atoms with Gasteiger partial charge in [-0.1, -0.05) is 0 Å². The maximum Gasteiger partial charge on any atom is 0.130 e. The summed E-state index contributed by atoms with van der Waals surface area (Å²) in [5.41, 5.74) is 0.983. The Hall–Kier alpha value is -0.830. The predicted octanol–water partition coefficient (Wildman–Crippen LogP) is 2.91. The fraction of sp³-hybridized carbons (Fsp3) is 0.636. The molecule has 1 aromatic heterocycles. The molecule has 0 amide bonds. The topological polar surface area (TPSA) is 37.8 Å². The number of rotatable bonds is 4. The van der Waals surface area contributed by atoms with Crippen molar-refractivity contribution in [2.45, 2.75) is 45.5 Å². The van der Waals surface area contributed by atoms with Gasteiger partial charge < -0.3 is 5.32 Å². The summed E-state index contributed by atoms with van der Waals surface area (Å²) >= 11 is 5.93. The molecule has 0 aliphatic rings. The van der Waals surface area contributed by atoms with Gasteiger partial charge in [-0.3, -0.25) is 0 Å². The molecule has 2 atom stereocenters. The first-order valence-electron chi connectivity index (χ1n) is 5.20. The molecule has 0 bridgehead atoms. The lowest BCUT2D eigenvalue weighted by Crippen LogP contribution is -2.19. The Morgan fingerprint density at radius 2 is 2.00 bits per heavy atom. The first-order chi connectivity index (χ1) is 6.97. The number of anilines is 1. The second kappa shape index (κ2) is 5.31. The molecule has 1 N–H and O–H groups in total. The van der Waals surface area contributed by atoms with Crippen LogP contribution in [0.5, 0.6) is 0 Å². The third-order valence-corrected chi connectivity index (χ3v) is 2.22. The van der Waals surface area contributed by atoms with Gasteiger partial charge in [-0.15, -0.1) is 11.6 Å². The van der Waals surface area contributed by atoms with Crippen LogP contribution in [-0.2, 0) is 0 Å². The van der Waals surface area contributed by atoms with Gasteiger partial charge in [-0.25, -0.2) is 9.97 Å². The largest absolute Gasteiger partial charge is 0.367 e. The van der Waals surface area contributed by atoms with Crippen LogP contribution < -0.4 is 5.32 Å². The zero-order valence-corrected chi connectivity index (χ0v) is 10.5. The number of hydrogen-bond acceptors (Lipinski definition) is 3. The summed E-state index contributed by atoms with van der Waals surface area (Å²) in [5, 5.41) is 3.50. The zero-order valence-electron chi connectivity index (χ0n) is 9.71. The Kier molecular flexibility index (Phi) is 4.33. The van der Waals surface area contributed by atoms with Crippen LogP contribution in [0.15, 0.2) is 6.07 Å². The molecule has 0 spiro atoms. The van der Waals surface area contributed by atoms with Gasteiger partial charge in [0.05, 0.1) is 0 Å². The molecule has 3 nitrogen and oxygen atoms in total. The Balaban J connectivity index is 2.63. The van der Waals surface area contributed by atoms with Crippen LogP contribution in [-0.4, -0.2) is 21.4 Å². The van der Waals surface area contributed by atoms with Crippen LogP contribution in [0.4, 0.5) is 5.82 Å². The Morgan fingerprint density at radius 3 is 2.53 bits per heavy atom. The lowest BCUT2D eigenvalue weighted by atomic mass is 10.2. The summed E-state index contributed by atoms with van der Waals surface area (Å²) in [7, 11) is 0. The van der Waals surface area contributed by atoms with Gasteiger partial charge in [0.1, 0.15) is 11.6 Å². The highest BCUT2D eigenvalue weighted by Crippen LogP contribution is 2.11. The third-order valence-electron chi connectivity index (χ3n) is 2.04. The first kappa shape index (κ1) is 12.2. The second-order valence-electron chi connectivity index (χ2n) is 4.00. The minimum absolute atomic E-state index is 0.177. The van der Waals surface area contributed by atoms with Gasteiger partial charge in [0.15, 0.2) is 0 Å². The smallest absolute Gasteiger partial charge is 0.130 e. The SMILES string of the molecule is Cc1cc(NC(C)CC(C)Cl)nc(C)n1. The van der Waals surface area contributed by atoms with Gasteiger partial charge >= 0.3 is 0 Å². The average molecular weight is 228 g/mol. The van der Waals surface area contributed by atoms with Crippen LogP contribution in [0.2, 0.25) is 0 Å².